The summed E-state index contributed by atoms with van der Waals surface area (Å²) in [5, 5.41) is 2.36. The highest BCUT2D eigenvalue weighted by molar-refractivity contribution is 7.25. The molecule has 4 heterocycles. The average molecular weight is 697 g/mol. The predicted molar refractivity (Wildman–Crippen MR) is 217 cm³/mol. The highest BCUT2D eigenvalue weighted by atomic mass is 32.1. The van der Waals surface area contributed by atoms with E-state index in [-0.39, 0.29) is 0 Å². The zero-order chi connectivity index (χ0) is 34.9. The van der Waals surface area contributed by atoms with Crippen molar-refractivity contribution in [2.75, 3.05) is 4.90 Å². The third-order valence-electron chi connectivity index (χ3n) is 10.0. The molecule has 0 unspecified atom stereocenters. The number of imidazole rings is 1. The second kappa shape index (κ2) is 11.8. The van der Waals surface area contributed by atoms with Crippen LogP contribution in [0.15, 0.2) is 170 Å². The van der Waals surface area contributed by atoms with Gasteiger partial charge in [-0.3, -0.25) is 9.47 Å². The minimum absolute atomic E-state index is 0.586. The van der Waals surface area contributed by atoms with Crippen molar-refractivity contribution in [3.63, 3.8) is 0 Å². The largest absolute Gasteiger partial charge is 0.279 e. The van der Waals surface area contributed by atoms with Gasteiger partial charge in [0.25, 0.3) is 0 Å². The Balaban J connectivity index is 1.20. The van der Waals surface area contributed by atoms with Crippen molar-refractivity contribution >= 4 is 59.9 Å². The summed E-state index contributed by atoms with van der Waals surface area (Å²) in [6.07, 6.45) is 0. The summed E-state index contributed by atoms with van der Waals surface area (Å²) in [6.45, 7) is 0. The topological polar surface area (TPSA) is 59.7 Å². The van der Waals surface area contributed by atoms with Gasteiger partial charge < -0.3 is 0 Å². The molecule has 0 fully saturated rings. The maximum atomic E-state index is 5.34. The van der Waals surface area contributed by atoms with Crippen LogP contribution >= 0.6 is 11.3 Å². The van der Waals surface area contributed by atoms with E-state index in [0.29, 0.717) is 17.5 Å². The lowest BCUT2D eigenvalue weighted by molar-refractivity contribution is 1.04. The minimum atomic E-state index is 0.586. The summed E-state index contributed by atoms with van der Waals surface area (Å²) in [6, 6.07) is 59.0. The number of hydrogen-bond donors (Lipinski definition) is 0. The summed E-state index contributed by atoms with van der Waals surface area (Å²) >= 11 is 1.79. The maximum Gasteiger partial charge on any atom is 0.220 e. The van der Waals surface area contributed by atoms with Crippen LogP contribution in [0.4, 0.5) is 17.3 Å². The fourth-order valence-electron chi connectivity index (χ4n) is 7.69. The van der Waals surface area contributed by atoms with Gasteiger partial charge in [-0.1, -0.05) is 121 Å². The molecule has 1 aliphatic heterocycles. The first-order chi connectivity index (χ1) is 26.3. The first kappa shape index (κ1) is 29.7. The Labute approximate surface area is 309 Å². The summed E-state index contributed by atoms with van der Waals surface area (Å²) in [5.74, 6) is 2.63. The third kappa shape index (κ3) is 4.64. The molecule has 0 saturated heterocycles. The van der Waals surface area contributed by atoms with Gasteiger partial charge in [0.2, 0.25) is 5.95 Å². The monoisotopic (exact) mass is 696 g/mol. The highest BCUT2D eigenvalue weighted by Crippen LogP contribution is 2.49. The Bertz CT molecular complexity index is 3040. The zero-order valence-electron chi connectivity index (χ0n) is 28.3. The fraction of sp³-hybridized carbons (Fsp3) is 0. The van der Waals surface area contributed by atoms with E-state index >= 15 is 0 Å². The minimum Gasteiger partial charge on any atom is -0.279 e. The van der Waals surface area contributed by atoms with Crippen LogP contribution in [-0.4, -0.2) is 24.5 Å². The molecule has 53 heavy (non-hydrogen) atoms. The molecule has 0 amide bonds. The lowest BCUT2D eigenvalue weighted by atomic mass is 10.0. The van der Waals surface area contributed by atoms with E-state index in [0.717, 1.165) is 67.2 Å². The second-order valence-corrected chi connectivity index (χ2v) is 14.2. The normalized spacial score (nSPS) is 12.1. The van der Waals surface area contributed by atoms with Crippen LogP contribution in [0.2, 0.25) is 0 Å². The number of aromatic nitrogens is 5. The predicted octanol–water partition coefficient (Wildman–Crippen LogP) is 12.0. The SMILES string of the molecule is c1ccc(-c2nc(-c3ccccc3N3c4ccccc4-c4ccccc4-n4c3nc3ccccc34)nc(-c3cccc4sc5ccccc5c34)n2)cc1. The van der Waals surface area contributed by atoms with Gasteiger partial charge in [-0.25, -0.2) is 19.9 Å². The van der Waals surface area contributed by atoms with Gasteiger partial charge in [0.15, 0.2) is 17.5 Å². The number of para-hydroxylation sites is 5. The van der Waals surface area contributed by atoms with Crippen LogP contribution < -0.4 is 4.90 Å². The van der Waals surface area contributed by atoms with Crippen LogP contribution in [-0.2, 0) is 0 Å². The van der Waals surface area contributed by atoms with E-state index in [1.807, 2.05) is 24.3 Å². The van der Waals surface area contributed by atoms with Crippen molar-refractivity contribution in [2.24, 2.45) is 0 Å². The van der Waals surface area contributed by atoms with Gasteiger partial charge in [0, 0.05) is 48.0 Å². The van der Waals surface area contributed by atoms with E-state index in [2.05, 4.69) is 155 Å². The molecule has 0 spiro atoms. The molecule has 0 aliphatic carbocycles. The molecular formula is C46H28N6S. The van der Waals surface area contributed by atoms with E-state index in [9.17, 15) is 0 Å². The number of fused-ring (bicyclic) bond motifs is 10. The molecule has 6 nitrogen and oxygen atoms in total. The Kier molecular flexibility index (Phi) is 6.62. The Morgan fingerprint density at radius 1 is 0.396 bits per heavy atom. The first-order valence-corrected chi connectivity index (χ1v) is 18.4. The molecule has 10 aromatic rings. The van der Waals surface area contributed by atoms with E-state index in [1.165, 1.54) is 14.8 Å². The van der Waals surface area contributed by atoms with Gasteiger partial charge in [0.05, 0.1) is 28.1 Å². The van der Waals surface area contributed by atoms with Crippen LogP contribution in [0.5, 0.6) is 0 Å². The lowest BCUT2D eigenvalue weighted by Crippen LogP contribution is -2.15. The van der Waals surface area contributed by atoms with Crippen LogP contribution in [0.3, 0.4) is 0 Å². The smallest absolute Gasteiger partial charge is 0.220 e. The molecular weight excluding hydrogens is 669 g/mol. The van der Waals surface area contributed by atoms with Gasteiger partial charge >= 0.3 is 0 Å². The summed E-state index contributed by atoms with van der Waals surface area (Å²) < 4.78 is 4.71. The van der Waals surface area contributed by atoms with E-state index < -0.39 is 0 Å². The van der Waals surface area contributed by atoms with Crippen LogP contribution in [0.25, 0.3) is 82.2 Å². The molecule has 11 rings (SSSR count). The number of anilines is 3. The number of thiophene rings is 1. The van der Waals surface area contributed by atoms with Crippen molar-refractivity contribution in [1.82, 2.24) is 24.5 Å². The van der Waals surface area contributed by atoms with E-state index in [4.69, 9.17) is 19.9 Å². The zero-order valence-corrected chi connectivity index (χ0v) is 29.1. The van der Waals surface area contributed by atoms with E-state index in [1.54, 1.807) is 11.3 Å². The second-order valence-electron chi connectivity index (χ2n) is 13.1. The number of hydrogen-bond acceptors (Lipinski definition) is 6. The summed E-state index contributed by atoms with van der Waals surface area (Å²) in [5.41, 5.74) is 10.0. The van der Waals surface area contributed by atoms with Crippen molar-refractivity contribution < 1.29 is 0 Å². The lowest BCUT2D eigenvalue weighted by Gasteiger charge is -2.26. The fourth-order valence-corrected chi connectivity index (χ4v) is 8.82. The van der Waals surface area contributed by atoms with Gasteiger partial charge in [-0.15, -0.1) is 11.3 Å². The molecule has 0 bridgehead atoms. The molecule has 7 heteroatoms. The Morgan fingerprint density at radius 2 is 0.962 bits per heavy atom. The first-order valence-electron chi connectivity index (χ1n) is 17.6. The molecule has 0 saturated carbocycles. The average Bonchev–Trinajstić information content (AvgIpc) is 3.77. The number of nitrogens with zero attached hydrogens (tertiary/aromatic N) is 6. The van der Waals surface area contributed by atoms with Crippen molar-refractivity contribution in [2.45, 2.75) is 0 Å². The molecule has 1 aliphatic rings. The van der Waals surface area contributed by atoms with Crippen LogP contribution in [0, 0.1) is 0 Å². The molecule has 7 aromatic carbocycles. The van der Waals surface area contributed by atoms with Crippen molar-refractivity contribution in [3.05, 3.63) is 170 Å². The van der Waals surface area contributed by atoms with Crippen LogP contribution in [0.1, 0.15) is 0 Å². The molecule has 0 atom stereocenters. The molecule has 248 valence electrons. The van der Waals surface area contributed by atoms with Gasteiger partial charge in [-0.2, -0.15) is 0 Å². The Hall–Kier alpha value is -6.96. The maximum absolute atomic E-state index is 5.34. The quantitative estimate of drug-likeness (QED) is 0.183. The third-order valence-corrected chi connectivity index (χ3v) is 11.2. The molecule has 3 aromatic heterocycles. The summed E-state index contributed by atoms with van der Waals surface area (Å²) in [7, 11) is 0. The molecule has 0 radical (unpaired) electrons. The van der Waals surface area contributed by atoms with Crippen molar-refractivity contribution in [3.8, 4) is 51.0 Å². The standard InChI is InChI=1S/C46H28N6S/c1-2-15-29(16-3-1)43-48-44(50-45(49-43)34-21-14-28-41-42(34)33-20-7-13-27-40(33)53-41)32-19-6-11-25-38(32)51-36-23-9-4-17-30(36)31-18-5-10-24-37(31)52-39-26-12-8-22-35(39)47-46(51)52/h1-28H. The Morgan fingerprint density at radius 3 is 1.79 bits per heavy atom. The van der Waals surface area contributed by atoms with Gasteiger partial charge in [0.1, 0.15) is 0 Å². The van der Waals surface area contributed by atoms with Gasteiger partial charge in [-0.05, 0) is 48.5 Å². The highest BCUT2D eigenvalue weighted by Gasteiger charge is 2.31. The summed E-state index contributed by atoms with van der Waals surface area (Å²) in [4.78, 5) is 23.3. The molecule has 0 N–H and O–H groups in total. The van der Waals surface area contributed by atoms with Crippen molar-refractivity contribution in [1.29, 1.82) is 0 Å². The number of benzene rings is 7. The number of rotatable bonds is 4.